The van der Waals surface area contributed by atoms with Crippen molar-refractivity contribution in [1.29, 1.82) is 0 Å². The SMILES string of the molecule is FC(F)(F)Oc1ccccc1NCc1ccc(Br)cc1. The molecule has 1 N–H and O–H groups in total. The van der Waals surface area contributed by atoms with Crippen LogP contribution in [0.5, 0.6) is 5.75 Å². The summed E-state index contributed by atoms with van der Waals surface area (Å²) in [4.78, 5) is 0. The molecule has 0 aromatic heterocycles. The topological polar surface area (TPSA) is 21.3 Å². The number of hydrogen-bond acceptors (Lipinski definition) is 2. The van der Waals surface area contributed by atoms with Crippen molar-refractivity contribution in [2.75, 3.05) is 5.32 Å². The first-order chi connectivity index (χ1) is 9.44. The maximum absolute atomic E-state index is 12.3. The first-order valence-electron chi connectivity index (χ1n) is 5.77. The molecule has 0 fully saturated rings. The van der Waals surface area contributed by atoms with Gasteiger partial charge in [0.05, 0.1) is 5.69 Å². The van der Waals surface area contributed by atoms with Gasteiger partial charge in [-0.1, -0.05) is 40.2 Å². The highest BCUT2D eigenvalue weighted by Crippen LogP contribution is 2.30. The quantitative estimate of drug-likeness (QED) is 0.845. The maximum atomic E-state index is 12.3. The van der Waals surface area contributed by atoms with Crippen LogP contribution in [0.3, 0.4) is 0 Å². The number of rotatable bonds is 4. The van der Waals surface area contributed by atoms with Crippen LogP contribution in [0.4, 0.5) is 18.9 Å². The predicted octanol–water partition coefficient (Wildman–Crippen LogP) is 4.96. The van der Waals surface area contributed by atoms with Crippen molar-refractivity contribution in [2.45, 2.75) is 12.9 Å². The molecular formula is C14H11BrF3NO. The zero-order valence-corrected chi connectivity index (χ0v) is 11.8. The van der Waals surface area contributed by atoms with E-state index in [9.17, 15) is 13.2 Å². The van der Waals surface area contributed by atoms with Gasteiger partial charge in [0.1, 0.15) is 0 Å². The standard InChI is InChI=1S/C14H11BrF3NO/c15-11-7-5-10(6-8-11)9-19-12-3-1-2-4-13(12)20-14(16,17)18/h1-8,19H,9H2. The molecule has 6 heteroatoms. The summed E-state index contributed by atoms with van der Waals surface area (Å²) < 4.78 is 41.7. The van der Waals surface area contributed by atoms with Gasteiger partial charge in [-0.3, -0.25) is 0 Å². The molecule has 0 saturated carbocycles. The van der Waals surface area contributed by atoms with Crippen LogP contribution >= 0.6 is 15.9 Å². The maximum Gasteiger partial charge on any atom is 0.573 e. The number of alkyl halides is 3. The second kappa shape index (κ2) is 6.17. The Morgan fingerprint density at radius 1 is 1.00 bits per heavy atom. The third kappa shape index (κ3) is 4.45. The number of para-hydroxylation sites is 2. The molecule has 2 aromatic rings. The van der Waals surface area contributed by atoms with Gasteiger partial charge in [-0.25, -0.2) is 0 Å². The lowest BCUT2D eigenvalue weighted by atomic mass is 10.2. The normalized spacial score (nSPS) is 11.2. The Balaban J connectivity index is 2.07. The third-order valence-electron chi connectivity index (χ3n) is 2.51. The van der Waals surface area contributed by atoms with Crippen molar-refractivity contribution in [2.24, 2.45) is 0 Å². The largest absolute Gasteiger partial charge is 0.573 e. The molecule has 2 rings (SSSR count). The highest BCUT2D eigenvalue weighted by Gasteiger charge is 2.31. The molecule has 0 saturated heterocycles. The van der Waals surface area contributed by atoms with Crippen LogP contribution in [0.2, 0.25) is 0 Å². The number of benzene rings is 2. The molecule has 0 heterocycles. The highest BCUT2D eigenvalue weighted by atomic mass is 79.9. The van der Waals surface area contributed by atoms with Crippen LogP contribution in [-0.2, 0) is 6.54 Å². The average molecular weight is 346 g/mol. The number of nitrogens with one attached hydrogen (secondary N) is 1. The lowest BCUT2D eigenvalue weighted by molar-refractivity contribution is -0.274. The van der Waals surface area contributed by atoms with Gasteiger partial charge < -0.3 is 10.1 Å². The summed E-state index contributed by atoms with van der Waals surface area (Å²) in [6.07, 6.45) is -4.70. The molecule has 2 nitrogen and oxygen atoms in total. The van der Waals surface area contributed by atoms with Crippen molar-refractivity contribution >= 4 is 21.6 Å². The van der Waals surface area contributed by atoms with Crippen LogP contribution in [0.15, 0.2) is 53.0 Å². The van der Waals surface area contributed by atoms with E-state index in [0.29, 0.717) is 12.2 Å². The van der Waals surface area contributed by atoms with E-state index in [1.807, 2.05) is 24.3 Å². The molecular weight excluding hydrogens is 335 g/mol. The Morgan fingerprint density at radius 2 is 1.65 bits per heavy atom. The minimum atomic E-state index is -4.70. The van der Waals surface area contributed by atoms with Gasteiger partial charge in [-0.15, -0.1) is 13.2 Å². The molecule has 0 aliphatic carbocycles. The molecule has 0 aliphatic heterocycles. The summed E-state index contributed by atoms with van der Waals surface area (Å²) in [6.45, 7) is 0.408. The molecule has 0 aliphatic rings. The van der Waals surface area contributed by atoms with Crippen molar-refractivity contribution in [3.05, 3.63) is 58.6 Å². The molecule has 0 bridgehead atoms. The molecule has 0 unspecified atom stereocenters. The lowest BCUT2D eigenvalue weighted by Gasteiger charge is -2.14. The Kier molecular flexibility index (Phi) is 4.54. The first-order valence-corrected chi connectivity index (χ1v) is 6.56. The second-order valence-corrected chi connectivity index (χ2v) is 4.94. The van der Waals surface area contributed by atoms with E-state index in [0.717, 1.165) is 10.0 Å². The van der Waals surface area contributed by atoms with Gasteiger partial charge in [-0.05, 0) is 29.8 Å². The fraction of sp³-hybridized carbons (Fsp3) is 0.143. The minimum absolute atomic E-state index is 0.239. The summed E-state index contributed by atoms with van der Waals surface area (Å²) >= 11 is 3.32. The molecule has 20 heavy (non-hydrogen) atoms. The zero-order chi connectivity index (χ0) is 14.6. The van der Waals surface area contributed by atoms with E-state index in [-0.39, 0.29) is 5.75 Å². The van der Waals surface area contributed by atoms with E-state index in [1.54, 1.807) is 12.1 Å². The molecule has 0 atom stereocenters. The molecule has 2 aromatic carbocycles. The van der Waals surface area contributed by atoms with Crippen molar-refractivity contribution in [3.63, 3.8) is 0 Å². The highest BCUT2D eigenvalue weighted by molar-refractivity contribution is 9.10. The Labute approximate surface area is 122 Å². The van der Waals surface area contributed by atoms with Crippen molar-refractivity contribution < 1.29 is 17.9 Å². The van der Waals surface area contributed by atoms with Crippen molar-refractivity contribution in [3.8, 4) is 5.75 Å². The molecule has 0 spiro atoms. The lowest BCUT2D eigenvalue weighted by Crippen LogP contribution is -2.18. The molecule has 106 valence electrons. The Bertz CT molecular complexity index is 569. The van der Waals surface area contributed by atoms with Crippen LogP contribution < -0.4 is 10.1 Å². The van der Waals surface area contributed by atoms with E-state index in [1.165, 1.54) is 12.1 Å². The van der Waals surface area contributed by atoms with Gasteiger partial charge in [0.15, 0.2) is 5.75 Å². The smallest absolute Gasteiger partial charge is 0.404 e. The van der Waals surface area contributed by atoms with Gasteiger partial charge in [-0.2, -0.15) is 0 Å². The summed E-state index contributed by atoms with van der Waals surface area (Å²) in [5, 5.41) is 2.93. The fourth-order valence-corrected chi connectivity index (χ4v) is 1.89. The second-order valence-electron chi connectivity index (χ2n) is 4.02. The number of anilines is 1. The summed E-state index contributed by atoms with van der Waals surface area (Å²) in [5.41, 5.74) is 1.25. The first kappa shape index (κ1) is 14.7. The van der Waals surface area contributed by atoms with E-state index in [2.05, 4.69) is 26.0 Å². The predicted molar refractivity (Wildman–Crippen MR) is 74.6 cm³/mol. The van der Waals surface area contributed by atoms with Gasteiger partial charge in [0.2, 0.25) is 0 Å². The summed E-state index contributed by atoms with van der Waals surface area (Å²) in [7, 11) is 0. The van der Waals surface area contributed by atoms with Gasteiger partial charge in [0.25, 0.3) is 0 Å². The number of halogens is 4. The number of hydrogen-bond donors (Lipinski definition) is 1. The van der Waals surface area contributed by atoms with E-state index in [4.69, 9.17) is 0 Å². The van der Waals surface area contributed by atoms with E-state index < -0.39 is 6.36 Å². The van der Waals surface area contributed by atoms with Gasteiger partial charge >= 0.3 is 6.36 Å². The number of ether oxygens (including phenoxy) is 1. The summed E-state index contributed by atoms with van der Waals surface area (Å²) in [5.74, 6) is -0.239. The van der Waals surface area contributed by atoms with E-state index >= 15 is 0 Å². The van der Waals surface area contributed by atoms with Crippen LogP contribution in [0.25, 0.3) is 0 Å². The van der Waals surface area contributed by atoms with Crippen LogP contribution in [-0.4, -0.2) is 6.36 Å². The van der Waals surface area contributed by atoms with Crippen LogP contribution in [0, 0.1) is 0 Å². The monoisotopic (exact) mass is 345 g/mol. The third-order valence-corrected chi connectivity index (χ3v) is 3.04. The minimum Gasteiger partial charge on any atom is -0.404 e. The molecule has 0 radical (unpaired) electrons. The zero-order valence-electron chi connectivity index (χ0n) is 10.2. The van der Waals surface area contributed by atoms with Crippen molar-refractivity contribution in [1.82, 2.24) is 0 Å². The Morgan fingerprint density at radius 3 is 2.30 bits per heavy atom. The molecule has 0 amide bonds. The summed E-state index contributed by atoms with van der Waals surface area (Å²) in [6, 6.07) is 13.5. The Hall–Kier alpha value is -1.69. The van der Waals surface area contributed by atoms with Crippen LogP contribution in [0.1, 0.15) is 5.56 Å². The van der Waals surface area contributed by atoms with Gasteiger partial charge in [0, 0.05) is 11.0 Å². The fourth-order valence-electron chi connectivity index (χ4n) is 1.63. The average Bonchev–Trinajstić information content (AvgIpc) is 2.38.